The monoisotopic (exact) mass is 323 g/mol. The molecule has 7 nitrogen and oxygen atoms in total. The van der Waals surface area contributed by atoms with Crippen LogP contribution in [0.1, 0.15) is 18.4 Å². The fourth-order valence-electron chi connectivity index (χ4n) is 1.72. The molecule has 1 aliphatic rings. The second-order valence-electron chi connectivity index (χ2n) is 4.54. The molecule has 0 saturated heterocycles. The number of carbonyl (C=O) groups is 3. The molecule has 0 aromatic heterocycles. The average molecular weight is 324 g/mol. The van der Waals surface area contributed by atoms with E-state index in [1.54, 1.807) is 18.2 Å². The topological polar surface area (TPSA) is 96.9 Å². The van der Waals surface area contributed by atoms with Gasteiger partial charge in [-0.05, 0) is 11.6 Å². The van der Waals surface area contributed by atoms with E-state index >= 15 is 0 Å². The molecule has 2 amide bonds. The van der Waals surface area contributed by atoms with Gasteiger partial charge in [-0.3, -0.25) is 9.59 Å². The maximum Gasteiger partial charge on any atom is 0.355 e. The quantitative estimate of drug-likeness (QED) is 0.782. The Kier molecular flexibility index (Phi) is 5.48. The smallest absolute Gasteiger partial charge is 0.355 e. The highest BCUT2D eigenvalue weighted by atomic mass is 35.5. The number of nitrogens with one attached hydrogen (secondary N) is 2. The number of rotatable bonds is 5. The first-order valence-corrected chi connectivity index (χ1v) is 6.96. The second kappa shape index (κ2) is 7.56. The zero-order chi connectivity index (χ0) is 15.9. The van der Waals surface area contributed by atoms with Crippen LogP contribution in [0.4, 0.5) is 0 Å². The average Bonchev–Trinajstić information content (AvgIpc) is 2.52. The van der Waals surface area contributed by atoms with E-state index in [1.807, 2.05) is 6.07 Å². The number of ether oxygens (including phenoxy) is 1. The van der Waals surface area contributed by atoms with Gasteiger partial charge in [-0.2, -0.15) is 5.10 Å². The van der Waals surface area contributed by atoms with E-state index in [-0.39, 0.29) is 31.0 Å². The molecule has 0 unspecified atom stereocenters. The Morgan fingerprint density at radius 3 is 2.77 bits per heavy atom. The van der Waals surface area contributed by atoms with Crippen LogP contribution < -0.4 is 10.7 Å². The first-order chi connectivity index (χ1) is 10.6. The van der Waals surface area contributed by atoms with Crippen LogP contribution in [0.15, 0.2) is 29.4 Å². The van der Waals surface area contributed by atoms with Crippen molar-refractivity contribution >= 4 is 35.1 Å². The van der Waals surface area contributed by atoms with Gasteiger partial charge in [0.1, 0.15) is 5.71 Å². The highest BCUT2D eigenvalue weighted by Gasteiger charge is 2.20. The summed E-state index contributed by atoms with van der Waals surface area (Å²) in [4.78, 5) is 34.2. The van der Waals surface area contributed by atoms with Crippen LogP contribution >= 0.6 is 11.6 Å². The minimum Gasteiger partial charge on any atom is -0.451 e. The van der Waals surface area contributed by atoms with Crippen molar-refractivity contribution in [3.05, 3.63) is 34.9 Å². The van der Waals surface area contributed by atoms with Gasteiger partial charge in [-0.25, -0.2) is 10.2 Å². The molecule has 1 aliphatic heterocycles. The molecule has 0 aliphatic carbocycles. The van der Waals surface area contributed by atoms with Crippen LogP contribution in [0.2, 0.25) is 5.02 Å². The fourth-order valence-corrected chi connectivity index (χ4v) is 1.92. The first-order valence-electron chi connectivity index (χ1n) is 6.59. The van der Waals surface area contributed by atoms with Gasteiger partial charge in [-0.1, -0.05) is 29.8 Å². The molecule has 0 saturated carbocycles. The van der Waals surface area contributed by atoms with Gasteiger partial charge in [0.15, 0.2) is 6.61 Å². The number of hydrogen-bond acceptors (Lipinski definition) is 5. The van der Waals surface area contributed by atoms with Crippen molar-refractivity contribution < 1.29 is 19.1 Å². The number of benzene rings is 1. The van der Waals surface area contributed by atoms with Gasteiger partial charge in [0, 0.05) is 24.4 Å². The standard InChI is InChI=1S/C14H14ClN3O4/c15-10-4-2-1-3-9(10)7-16-13(20)8-22-14(21)11-5-6-12(19)18-17-11/h1-4H,5-8H2,(H,16,20)(H,18,19). The summed E-state index contributed by atoms with van der Waals surface area (Å²) in [5, 5.41) is 6.73. The number of esters is 1. The lowest BCUT2D eigenvalue weighted by Crippen LogP contribution is -2.33. The predicted octanol–water partition coefficient (Wildman–Crippen LogP) is 0.765. The fraction of sp³-hybridized carbons (Fsp3) is 0.286. The zero-order valence-corrected chi connectivity index (χ0v) is 12.4. The Morgan fingerprint density at radius 1 is 1.32 bits per heavy atom. The van der Waals surface area contributed by atoms with Crippen molar-refractivity contribution in [2.75, 3.05) is 6.61 Å². The SMILES string of the molecule is O=C(COC(=O)C1=NNC(=O)CC1)NCc1ccccc1Cl. The molecule has 1 heterocycles. The molecule has 1 aromatic carbocycles. The van der Waals surface area contributed by atoms with Gasteiger partial charge < -0.3 is 10.1 Å². The van der Waals surface area contributed by atoms with E-state index in [0.29, 0.717) is 5.02 Å². The van der Waals surface area contributed by atoms with E-state index in [4.69, 9.17) is 16.3 Å². The van der Waals surface area contributed by atoms with Crippen LogP contribution in [0, 0.1) is 0 Å². The van der Waals surface area contributed by atoms with E-state index < -0.39 is 18.5 Å². The Bertz CT molecular complexity index is 630. The minimum atomic E-state index is -0.715. The Hall–Kier alpha value is -2.41. The molecule has 0 radical (unpaired) electrons. The lowest BCUT2D eigenvalue weighted by molar-refractivity contribution is -0.142. The van der Waals surface area contributed by atoms with Gasteiger partial charge in [0.25, 0.3) is 5.91 Å². The van der Waals surface area contributed by atoms with Crippen molar-refractivity contribution in [1.82, 2.24) is 10.7 Å². The van der Waals surface area contributed by atoms with Crippen molar-refractivity contribution in [1.29, 1.82) is 0 Å². The third-order valence-corrected chi connectivity index (χ3v) is 3.28. The summed E-state index contributed by atoms with van der Waals surface area (Å²) < 4.78 is 4.83. The third kappa shape index (κ3) is 4.56. The molecule has 116 valence electrons. The highest BCUT2D eigenvalue weighted by molar-refractivity contribution is 6.37. The predicted molar refractivity (Wildman–Crippen MR) is 79.1 cm³/mol. The Balaban J connectivity index is 1.75. The zero-order valence-electron chi connectivity index (χ0n) is 11.6. The molecule has 0 spiro atoms. The molecule has 2 rings (SSSR count). The normalized spacial score (nSPS) is 13.9. The maximum atomic E-state index is 11.6. The number of hydrogen-bond donors (Lipinski definition) is 2. The number of hydrazone groups is 1. The minimum absolute atomic E-state index is 0.0958. The number of nitrogens with zero attached hydrogens (tertiary/aromatic N) is 1. The Morgan fingerprint density at radius 2 is 2.09 bits per heavy atom. The number of amides is 2. The van der Waals surface area contributed by atoms with Crippen LogP contribution in [-0.4, -0.2) is 30.1 Å². The van der Waals surface area contributed by atoms with Crippen LogP contribution in [-0.2, 0) is 25.7 Å². The first kappa shape index (κ1) is 16.0. The summed E-state index contributed by atoms with van der Waals surface area (Å²) in [6.07, 6.45) is 0.374. The van der Waals surface area contributed by atoms with Crippen LogP contribution in [0.3, 0.4) is 0 Å². The molecular weight excluding hydrogens is 310 g/mol. The summed E-state index contributed by atoms with van der Waals surface area (Å²) in [6, 6.07) is 7.11. The van der Waals surface area contributed by atoms with E-state index in [2.05, 4.69) is 15.8 Å². The molecule has 0 bridgehead atoms. The molecule has 2 N–H and O–H groups in total. The van der Waals surface area contributed by atoms with Crippen LogP contribution in [0.5, 0.6) is 0 Å². The van der Waals surface area contributed by atoms with Crippen molar-refractivity contribution in [2.45, 2.75) is 19.4 Å². The summed E-state index contributed by atoms with van der Waals surface area (Å²) in [6.45, 7) is -0.177. The largest absolute Gasteiger partial charge is 0.451 e. The summed E-state index contributed by atoms with van der Waals surface area (Å²) in [5.41, 5.74) is 3.05. The van der Waals surface area contributed by atoms with Crippen molar-refractivity contribution in [3.63, 3.8) is 0 Å². The lowest BCUT2D eigenvalue weighted by atomic mass is 10.2. The molecule has 8 heteroatoms. The van der Waals surface area contributed by atoms with Crippen molar-refractivity contribution in [3.8, 4) is 0 Å². The summed E-state index contributed by atoms with van der Waals surface area (Å²) >= 11 is 5.96. The van der Waals surface area contributed by atoms with E-state index in [9.17, 15) is 14.4 Å². The summed E-state index contributed by atoms with van der Waals surface area (Å²) in [5.74, 6) is -1.42. The number of carbonyl (C=O) groups excluding carboxylic acids is 3. The highest BCUT2D eigenvalue weighted by Crippen LogP contribution is 2.14. The maximum absolute atomic E-state index is 11.6. The van der Waals surface area contributed by atoms with Gasteiger partial charge in [0.2, 0.25) is 5.91 Å². The van der Waals surface area contributed by atoms with Gasteiger partial charge in [0.05, 0.1) is 0 Å². The molecule has 22 heavy (non-hydrogen) atoms. The summed E-state index contributed by atoms with van der Waals surface area (Å²) in [7, 11) is 0. The second-order valence-corrected chi connectivity index (χ2v) is 4.94. The number of halogens is 1. The van der Waals surface area contributed by atoms with Gasteiger partial charge >= 0.3 is 5.97 Å². The molecule has 0 fully saturated rings. The third-order valence-electron chi connectivity index (χ3n) is 2.91. The molecule has 1 aromatic rings. The van der Waals surface area contributed by atoms with E-state index in [0.717, 1.165) is 5.56 Å². The van der Waals surface area contributed by atoms with Crippen molar-refractivity contribution in [2.24, 2.45) is 5.10 Å². The molecular formula is C14H14ClN3O4. The van der Waals surface area contributed by atoms with Crippen LogP contribution in [0.25, 0.3) is 0 Å². The van der Waals surface area contributed by atoms with E-state index in [1.165, 1.54) is 0 Å². The molecule has 0 atom stereocenters. The Labute approximate surface area is 131 Å². The lowest BCUT2D eigenvalue weighted by Gasteiger charge is -2.11. The van der Waals surface area contributed by atoms with Gasteiger partial charge in [-0.15, -0.1) is 0 Å².